The second-order valence-corrected chi connectivity index (χ2v) is 5.79. The van der Waals surface area contributed by atoms with Crippen molar-refractivity contribution in [1.29, 1.82) is 0 Å². The molecule has 0 bridgehead atoms. The lowest BCUT2D eigenvalue weighted by molar-refractivity contribution is 0.428. The molecule has 0 aliphatic carbocycles. The summed E-state index contributed by atoms with van der Waals surface area (Å²) >= 11 is 0. The van der Waals surface area contributed by atoms with Crippen LogP contribution in [0.15, 0.2) is 52.2 Å². The molecule has 130 valence electrons. The summed E-state index contributed by atoms with van der Waals surface area (Å²) in [4.78, 5) is 6.33. The molecule has 0 unspecified atom stereocenters. The Morgan fingerprint density at radius 2 is 1.78 bits per heavy atom. The molecule has 0 aliphatic rings. The third-order valence-corrected chi connectivity index (χ3v) is 3.93. The number of hydrogen-bond acceptors (Lipinski definition) is 2. The van der Waals surface area contributed by atoms with E-state index in [0.717, 1.165) is 32.2 Å². The summed E-state index contributed by atoms with van der Waals surface area (Å²) in [5, 5.41) is 0. The summed E-state index contributed by atoms with van der Waals surface area (Å²) in [5.41, 5.74) is 4.04. The number of hydrogen-bond donors (Lipinski definition) is 0. The van der Waals surface area contributed by atoms with Gasteiger partial charge in [-0.15, -0.1) is 0 Å². The van der Waals surface area contributed by atoms with Crippen LogP contribution in [-0.4, -0.2) is 31.8 Å². The molecular weight excluding hydrogens is 280 g/mol. The fraction of sp³-hybridized carbons (Fsp3) is 0.571. The van der Waals surface area contributed by atoms with Crippen molar-refractivity contribution < 1.29 is 0 Å². The number of rotatable bonds is 11. The second kappa shape index (κ2) is 14.0. The number of unbranched alkanes of at least 4 members (excludes halogenated alkanes) is 2. The minimum atomic E-state index is 1.06. The van der Waals surface area contributed by atoms with E-state index in [1.165, 1.54) is 23.3 Å². The maximum atomic E-state index is 4.02. The van der Waals surface area contributed by atoms with Gasteiger partial charge in [-0.3, -0.25) is 4.99 Å². The Bertz CT molecular complexity index is 450. The van der Waals surface area contributed by atoms with Crippen molar-refractivity contribution in [2.75, 3.05) is 20.6 Å². The highest BCUT2D eigenvalue weighted by molar-refractivity contribution is 5.77. The van der Waals surface area contributed by atoms with Gasteiger partial charge in [-0.25, -0.2) is 0 Å². The molecule has 0 atom stereocenters. The quantitative estimate of drug-likeness (QED) is 0.261. The van der Waals surface area contributed by atoms with Gasteiger partial charge in [0.25, 0.3) is 0 Å². The van der Waals surface area contributed by atoms with Crippen molar-refractivity contribution >= 4 is 6.21 Å². The van der Waals surface area contributed by atoms with E-state index in [2.05, 4.69) is 75.0 Å². The summed E-state index contributed by atoms with van der Waals surface area (Å²) in [5.74, 6) is 0. The Balaban J connectivity index is 4.44. The third-order valence-electron chi connectivity index (χ3n) is 3.93. The van der Waals surface area contributed by atoms with Crippen molar-refractivity contribution in [3.8, 4) is 0 Å². The SMILES string of the molecule is CCC(/C=C/CCC/C=C(/C)C=NC)=C\C=C(/CC)N(C)CC. The smallest absolute Gasteiger partial charge is 0.0277 e. The predicted octanol–water partition coefficient (Wildman–Crippen LogP) is 5.94. The van der Waals surface area contributed by atoms with E-state index < -0.39 is 0 Å². The van der Waals surface area contributed by atoms with Crippen LogP contribution in [0.2, 0.25) is 0 Å². The maximum absolute atomic E-state index is 4.02. The van der Waals surface area contributed by atoms with Crippen molar-refractivity contribution in [1.82, 2.24) is 4.90 Å². The first-order chi connectivity index (χ1) is 11.1. The minimum absolute atomic E-state index is 1.06. The van der Waals surface area contributed by atoms with Gasteiger partial charge in [-0.1, -0.05) is 38.2 Å². The lowest BCUT2D eigenvalue weighted by Crippen LogP contribution is -2.16. The van der Waals surface area contributed by atoms with Gasteiger partial charge in [0.1, 0.15) is 0 Å². The molecule has 0 aromatic rings. The molecular formula is C21H36N2. The number of allylic oxidation sites excluding steroid dienone is 8. The van der Waals surface area contributed by atoms with Crippen LogP contribution in [0.4, 0.5) is 0 Å². The molecule has 0 saturated heterocycles. The van der Waals surface area contributed by atoms with Crippen LogP contribution < -0.4 is 0 Å². The van der Waals surface area contributed by atoms with Crippen LogP contribution in [0.5, 0.6) is 0 Å². The maximum Gasteiger partial charge on any atom is 0.0277 e. The van der Waals surface area contributed by atoms with E-state index in [-0.39, 0.29) is 0 Å². The van der Waals surface area contributed by atoms with Crippen LogP contribution in [0.3, 0.4) is 0 Å². The van der Waals surface area contributed by atoms with Gasteiger partial charge < -0.3 is 4.90 Å². The number of nitrogens with zero attached hydrogens (tertiary/aromatic N) is 2. The van der Waals surface area contributed by atoms with Gasteiger partial charge in [0, 0.05) is 32.6 Å². The van der Waals surface area contributed by atoms with Gasteiger partial charge in [-0.05, 0) is 63.2 Å². The minimum Gasteiger partial charge on any atom is -0.378 e. The average Bonchev–Trinajstić information content (AvgIpc) is 2.56. The Morgan fingerprint density at radius 3 is 2.35 bits per heavy atom. The Hall–Kier alpha value is -1.57. The second-order valence-electron chi connectivity index (χ2n) is 5.79. The summed E-state index contributed by atoms with van der Waals surface area (Å²) in [6.07, 6.45) is 18.9. The highest BCUT2D eigenvalue weighted by Gasteiger charge is 1.97. The monoisotopic (exact) mass is 316 g/mol. The van der Waals surface area contributed by atoms with Crippen LogP contribution >= 0.6 is 0 Å². The molecule has 0 aromatic heterocycles. The highest BCUT2D eigenvalue weighted by atomic mass is 15.1. The standard InChI is InChI=1S/C21H36N2/c1-7-20(16-17-21(8-2)23(6)9-3)15-13-11-10-12-14-19(4)18-22-5/h13-18H,7-12H2,1-6H3/b15-13+,19-14-,20-16+,21-17+,22-18?. The van der Waals surface area contributed by atoms with Crippen molar-refractivity contribution in [2.45, 2.75) is 59.8 Å². The average molecular weight is 317 g/mol. The lowest BCUT2D eigenvalue weighted by atomic mass is 10.1. The third kappa shape index (κ3) is 10.7. The summed E-state index contributed by atoms with van der Waals surface area (Å²) in [7, 11) is 3.97. The summed E-state index contributed by atoms with van der Waals surface area (Å²) in [6.45, 7) is 9.78. The van der Waals surface area contributed by atoms with Crippen molar-refractivity contribution in [3.05, 3.63) is 47.2 Å². The predicted molar refractivity (Wildman–Crippen MR) is 106 cm³/mol. The molecule has 2 heteroatoms. The summed E-state index contributed by atoms with van der Waals surface area (Å²) in [6, 6.07) is 0. The topological polar surface area (TPSA) is 15.6 Å². The molecule has 0 spiro atoms. The Kier molecular flexibility index (Phi) is 13.1. The molecule has 0 N–H and O–H groups in total. The molecule has 2 nitrogen and oxygen atoms in total. The first-order valence-corrected chi connectivity index (χ1v) is 8.95. The molecule has 23 heavy (non-hydrogen) atoms. The zero-order valence-corrected chi connectivity index (χ0v) is 16.1. The fourth-order valence-corrected chi connectivity index (χ4v) is 2.27. The van der Waals surface area contributed by atoms with Gasteiger partial charge >= 0.3 is 0 Å². The Labute approximate surface area is 144 Å². The lowest BCUT2D eigenvalue weighted by Gasteiger charge is -2.19. The molecule has 0 aliphatic heterocycles. The van der Waals surface area contributed by atoms with E-state index in [1.807, 2.05) is 13.3 Å². The molecule has 0 aromatic carbocycles. The first-order valence-electron chi connectivity index (χ1n) is 8.95. The van der Waals surface area contributed by atoms with Gasteiger partial charge in [0.2, 0.25) is 0 Å². The van der Waals surface area contributed by atoms with Crippen LogP contribution in [0.25, 0.3) is 0 Å². The fourth-order valence-electron chi connectivity index (χ4n) is 2.27. The molecule has 0 saturated carbocycles. The molecule has 0 heterocycles. The van der Waals surface area contributed by atoms with Gasteiger partial charge in [0.15, 0.2) is 0 Å². The van der Waals surface area contributed by atoms with E-state index in [4.69, 9.17) is 0 Å². The van der Waals surface area contributed by atoms with Crippen LogP contribution in [0, 0.1) is 0 Å². The molecule has 0 rings (SSSR count). The van der Waals surface area contributed by atoms with Crippen molar-refractivity contribution in [3.63, 3.8) is 0 Å². The molecule has 0 radical (unpaired) electrons. The largest absolute Gasteiger partial charge is 0.378 e. The Morgan fingerprint density at radius 1 is 1.04 bits per heavy atom. The highest BCUT2D eigenvalue weighted by Crippen LogP contribution is 2.10. The van der Waals surface area contributed by atoms with E-state index in [1.54, 1.807) is 0 Å². The van der Waals surface area contributed by atoms with Crippen molar-refractivity contribution in [2.24, 2.45) is 4.99 Å². The van der Waals surface area contributed by atoms with Crippen LogP contribution in [0.1, 0.15) is 59.8 Å². The molecule has 0 fully saturated rings. The van der Waals surface area contributed by atoms with Crippen LogP contribution in [-0.2, 0) is 0 Å². The number of aliphatic imine (C=N–C) groups is 1. The zero-order chi connectivity index (χ0) is 17.5. The van der Waals surface area contributed by atoms with Gasteiger partial charge in [-0.2, -0.15) is 0 Å². The summed E-state index contributed by atoms with van der Waals surface area (Å²) < 4.78 is 0. The van der Waals surface area contributed by atoms with E-state index >= 15 is 0 Å². The van der Waals surface area contributed by atoms with Gasteiger partial charge in [0.05, 0.1) is 0 Å². The van der Waals surface area contributed by atoms with E-state index in [0.29, 0.717) is 0 Å². The normalized spacial score (nSPS) is 14.3. The first kappa shape index (κ1) is 21.4. The molecule has 0 amide bonds. The van der Waals surface area contributed by atoms with E-state index in [9.17, 15) is 0 Å². The zero-order valence-electron chi connectivity index (χ0n) is 16.1.